The molecule has 0 aromatic heterocycles. The Bertz CT molecular complexity index is 673. The molecule has 2 aromatic rings. The average molecular weight is 256 g/mol. The molecule has 0 aliphatic carbocycles. The van der Waals surface area contributed by atoms with Crippen molar-refractivity contribution in [3.8, 4) is 17.6 Å². The number of carboxylic acids is 1. The van der Waals surface area contributed by atoms with Crippen LogP contribution in [0.15, 0.2) is 30.3 Å². The highest BCUT2D eigenvalue weighted by molar-refractivity contribution is 5.92. The Morgan fingerprint density at radius 2 is 2.11 bits per heavy atom. The summed E-state index contributed by atoms with van der Waals surface area (Å²) in [5.74, 6) is -0.624. The number of hydrogen-bond donors (Lipinski definition) is 0. The highest BCUT2D eigenvalue weighted by Crippen LogP contribution is 2.35. The van der Waals surface area contributed by atoms with Crippen LogP contribution in [0.5, 0.6) is 11.5 Å². The number of nitrogens with zero attached hydrogens (tertiary/aromatic N) is 1. The molecule has 0 aliphatic rings. The Morgan fingerprint density at radius 1 is 1.37 bits per heavy atom. The lowest BCUT2D eigenvalue weighted by atomic mass is 10.1. The van der Waals surface area contributed by atoms with Gasteiger partial charge in [0.15, 0.2) is 11.5 Å². The Morgan fingerprint density at radius 3 is 2.74 bits per heavy atom. The maximum atomic E-state index is 10.5. The Kier molecular flexibility index (Phi) is 3.53. The van der Waals surface area contributed by atoms with Gasteiger partial charge in [0.05, 0.1) is 24.7 Å². The lowest BCUT2D eigenvalue weighted by Gasteiger charge is -2.14. The zero-order valence-corrected chi connectivity index (χ0v) is 10.2. The fourth-order valence-electron chi connectivity index (χ4n) is 1.78. The zero-order valence-electron chi connectivity index (χ0n) is 10.2. The van der Waals surface area contributed by atoms with E-state index in [4.69, 9.17) is 14.7 Å². The molecule has 0 N–H and O–H groups in total. The maximum absolute atomic E-state index is 10.5. The molecule has 0 radical (unpaired) electrons. The van der Waals surface area contributed by atoms with E-state index in [1.54, 1.807) is 30.3 Å². The van der Waals surface area contributed by atoms with Crippen LogP contribution in [0.3, 0.4) is 0 Å². The van der Waals surface area contributed by atoms with Gasteiger partial charge in [-0.05, 0) is 23.6 Å². The third kappa shape index (κ3) is 2.58. The van der Waals surface area contributed by atoms with Crippen molar-refractivity contribution in [3.05, 3.63) is 35.9 Å². The minimum atomic E-state index is -1.32. The summed E-state index contributed by atoms with van der Waals surface area (Å²) in [6.07, 6.45) is 0. The molecule has 0 fully saturated rings. The number of carbonyl (C=O) groups is 1. The summed E-state index contributed by atoms with van der Waals surface area (Å²) in [6, 6.07) is 10.6. The largest absolute Gasteiger partial charge is 0.546 e. The van der Waals surface area contributed by atoms with Crippen molar-refractivity contribution in [3.63, 3.8) is 0 Å². The molecule has 2 aromatic carbocycles. The van der Waals surface area contributed by atoms with E-state index < -0.39 is 12.6 Å². The van der Waals surface area contributed by atoms with Gasteiger partial charge in [0, 0.05) is 5.39 Å². The topological polar surface area (TPSA) is 82.4 Å². The molecule has 0 atom stereocenters. The van der Waals surface area contributed by atoms with Crippen molar-refractivity contribution in [2.45, 2.75) is 0 Å². The third-order valence-electron chi connectivity index (χ3n) is 2.62. The highest BCUT2D eigenvalue weighted by atomic mass is 16.5. The van der Waals surface area contributed by atoms with Crippen molar-refractivity contribution in [2.75, 3.05) is 13.7 Å². The van der Waals surface area contributed by atoms with E-state index in [-0.39, 0.29) is 0 Å². The number of fused-ring (bicyclic) bond motifs is 1. The van der Waals surface area contributed by atoms with Gasteiger partial charge in [-0.25, -0.2) is 0 Å². The van der Waals surface area contributed by atoms with Crippen LogP contribution in [0, 0.1) is 11.3 Å². The molecule has 0 aliphatic heterocycles. The molecule has 2 rings (SSSR count). The summed E-state index contributed by atoms with van der Waals surface area (Å²) < 4.78 is 10.3. The summed E-state index contributed by atoms with van der Waals surface area (Å²) in [5.41, 5.74) is 0.457. The van der Waals surface area contributed by atoms with E-state index in [9.17, 15) is 9.90 Å². The van der Waals surface area contributed by atoms with E-state index in [0.29, 0.717) is 22.4 Å². The molecule has 19 heavy (non-hydrogen) atoms. The smallest absolute Gasteiger partial charge is 0.169 e. The Balaban J connectivity index is 2.60. The molecule has 96 valence electrons. The summed E-state index contributed by atoms with van der Waals surface area (Å²) in [5, 5.41) is 20.9. The van der Waals surface area contributed by atoms with Gasteiger partial charge in [0.2, 0.25) is 0 Å². The van der Waals surface area contributed by atoms with Crippen molar-refractivity contribution in [1.29, 1.82) is 5.26 Å². The first-order chi connectivity index (χ1) is 9.15. The van der Waals surface area contributed by atoms with Crippen molar-refractivity contribution in [2.24, 2.45) is 0 Å². The fraction of sp³-hybridized carbons (Fsp3) is 0.143. The number of rotatable bonds is 4. The quantitative estimate of drug-likeness (QED) is 0.809. The van der Waals surface area contributed by atoms with E-state index in [1.165, 1.54) is 7.11 Å². The molecule has 0 saturated heterocycles. The molecule has 5 nitrogen and oxygen atoms in total. The number of carboxylic acid groups (broad SMARTS) is 1. The van der Waals surface area contributed by atoms with Crippen LogP contribution >= 0.6 is 0 Å². The highest BCUT2D eigenvalue weighted by Gasteiger charge is 2.10. The van der Waals surface area contributed by atoms with Gasteiger partial charge in [-0.3, -0.25) is 0 Å². The first kappa shape index (κ1) is 12.7. The molecule has 0 heterocycles. The molecule has 0 spiro atoms. The van der Waals surface area contributed by atoms with Crippen LogP contribution in [0.25, 0.3) is 10.8 Å². The number of methoxy groups -OCH3 is 1. The summed E-state index contributed by atoms with van der Waals surface area (Å²) in [6.45, 7) is -0.577. The van der Waals surface area contributed by atoms with Gasteiger partial charge >= 0.3 is 0 Å². The second-order valence-electron chi connectivity index (χ2n) is 3.81. The van der Waals surface area contributed by atoms with Crippen LogP contribution < -0.4 is 14.6 Å². The second kappa shape index (κ2) is 5.27. The van der Waals surface area contributed by atoms with Crippen LogP contribution in [-0.4, -0.2) is 19.7 Å². The molecule has 5 heteroatoms. The second-order valence-corrected chi connectivity index (χ2v) is 3.81. The molecular formula is C14H10NO4-. The zero-order chi connectivity index (χ0) is 13.8. The molecule has 0 bridgehead atoms. The van der Waals surface area contributed by atoms with Gasteiger partial charge in [0.1, 0.15) is 6.61 Å². The first-order valence-electron chi connectivity index (χ1n) is 5.49. The minimum absolute atomic E-state index is 0.293. The van der Waals surface area contributed by atoms with Gasteiger partial charge in [-0.2, -0.15) is 5.26 Å². The average Bonchev–Trinajstić information content (AvgIpc) is 2.43. The molecule has 0 amide bonds. The number of hydrogen-bond acceptors (Lipinski definition) is 5. The van der Waals surface area contributed by atoms with E-state index in [1.807, 2.05) is 6.07 Å². The van der Waals surface area contributed by atoms with Gasteiger partial charge in [0.25, 0.3) is 0 Å². The number of ether oxygens (including phenoxy) is 2. The lowest BCUT2D eigenvalue weighted by molar-refractivity contribution is -0.307. The Labute approximate surface area is 109 Å². The summed E-state index contributed by atoms with van der Waals surface area (Å²) in [7, 11) is 1.46. The predicted molar refractivity (Wildman–Crippen MR) is 65.7 cm³/mol. The van der Waals surface area contributed by atoms with Crippen molar-refractivity contribution < 1.29 is 19.4 Å². The first-order valence-corrected chi connectivity index (χ1v) is 5.49. The van der Waals surface area contributed by atoms with E-state index >= 15 is 0 Å². The summed E-state index contributed by atoms with van der Waals surface area (Å²) >= 11 is 0. The lowest BCUT2D eigenvalue weighted by Crippen LogP contribution is -2.29. The molecular weight excluding hydrogens is 246 g/mol. The standard InChI is InChI=1S/C14H11NO4/c1-18-12-5-4-10-3-2-9(7-15)6-11(10)14(12)19-8-13(16)17/h2-6H,8H2,1H3,(H,16,17)/p-1. The third-order valence-corrected chi connectivity index (χ3v) is 2.62. The fourth-order valence-corrected chi connectivity index (χ4v) is 1.78. The van der Waals surface area contributed by atoms with Crippen molar-refractivity contribution in [1.82, 2.24) is 0 Å². The molecule has 0 saturated carbocycles. The van der Waals surface area contributed by atoms with Crippen LogP contribution in [-0.2, 0) is 4.79 Å². The van der Waals surface area contributed by atoms with Crippen LogP contribution in [0.1, 0.15) is 5.56 Å². The molecule has 0 unspecified atom stereocenters. The monoisotopic (exact) mass is 256 g/mol. The minimum Gasteiger partial charge on any atom is -0.546 e. The number of benzene rings is 2. The van der Waals surface area contributed by atoms with Crippen LogP contribution in [0.4, 0.5) is 0 Å². The maximum Gasteiger partial charge on any atom is 0.169 e. The number of aliphatic carboxylic acids is 1. The Hall–Kier alpha value is -2.74. The van der Waals surface area contributed by atoms with E-state index in [2.05, 4.69) is 0 Å². The predicted octanol–water partition coefficient (Wildman–Crippen LogP) is 0.849. The SMILES string of the molecule is COc1ccc2ccc(C#N)cc2c1OCC(=O)[O-]. The van der Waals surface area contributed by atoms with Crippen molar-refractivity contribution >= 4 is 16.7 Å². The van der Waals surface area contributed by atoms with Gasteiger partial charge < -0.3 is 19.4 Å². The van der Waals surface area contributed by atoms with Crippen LogP contribution in [0.2, 0.25) is 0 Å². The summed E-state index contributed by atoms with van der Waals surface area (Å²) in [4.78, 5) is 10.5. The number of carbonyl (C=O) groups excluding carboxylic acids is 1. The van der Waals surface area contributed by atoms with E-state index in [0.717, 1.165) is 5.39 Å². The normalized spacial score (nSPS) is 9.89. The van der Waals surface area contributed by atoms with Gasteiger partial charge in [-0.1, -0.05) is 12.1 Å². The number of nitriles is 1. The van der Waals surface area contributed by atoms with Gasteiger partial charge in [-0.15, -0.1) is 0 Å².